The van der Waals surface area contributed by atoms with Crippen molar-refractivity contribution >= 4 is 10.9 Å². The van der Waals surface area contributed by atoms with Gasteiger partial charge in [0.05, 0.1) is 0 Å². The third-order valence-corrected chi connectivity index (χ3v) is 7.51. The summed E-state index contributed by atoms with van der Waals surface area (Å²) < 4.78 is 6.44. The van der Waals surface area contributed by atoms with E-state index in [9.17, 15) is 0 Å². The molecule has 168 valence electrons. The van der Waals surface area contributed by atoms with Gasteiger partial charge in [0.1, 0.15) is 17.8 Å². The second-order valence-electron chi connectivity index (χ2n) is 8.15. The van der Waals surface area contributed by atoms with E-state index in [-0.39, 0.29) is 23.3 Å². The van der Waals surface area contributed by atoms with Gasteiger partial charge in [-0.3, -0.25) is 0 Å². The van der Waals surface area contributed by atoms with Crippen molar-refractivity contribution < 1.29 is 17.1 Å². The highest BCUT2D eigenvalue weighted by Gasteiger charge is 2.27. The monoisotopic (exact) mass is 448 g/mol. The Hall–Kier alpha value is -1.12. The Kier molecular flexibility index (Phi) is 15.7. The van der Waals surface area contributed by atoms with Gasteiger partial charge in [-0.25, -0.2) is 0 Å². The lowest BCUT2D eigenvalue weighted by molar-refractivity contribution is -0.00000670. The summed E-state index contributed by atoms with van der Waals surface area (Å²) in [5, 5.41) is 0. The first-order valence-corrected chi connectivity index (χ1v) is 13.5. The molecular formula is C27H41ClOS. The van der Waals surface area contributed by atoms with Crippen LogP contribution in [-0.2, 0) is 16.6 Å². The first-order valence-electron chi connectivity index (χ1n) is 11.7. The Morgan fingerprint density at radius 2 is 1.20 bits per heavy atom. The summed E-state index contributed by atoms with van der Waals surface area (Å²) in [6, 6.07) is 21.2. The lowest BCUT2D eigenvalue weighted by atomic mass is 10.1. The van der Waals surface area contributed by atoms with Gasteiger partial charge in [-0.2, -0.15) is 0 Å². The molecule has 2 aromatic rings. The van der Waals surface area contributed by atoms with Gasteiger partial charge >= 0.3 is 0 Å². The highest BCUT2D eigenvalue weighted by Crippen LogP contribution is 2.22. The predicted octanol–water partition coefficient (Wildman–Crippen LogP) is 5.15. The predicted molar refractivity (Wildman–Crippen MR) is 131 cm³/mol. The van der Waals surface area contributed by atoms with E-state index in [2.05, 4.69) is 73.8 Å². The molecule has 0 radical (unpaired) electrons. The molecule has 0 bridgehead atoms. The fraction of sp³-hybridized carbons (Fsp3) is 0.556. The fourth-order valence-electron chi connectivity index (χ4n) is 3.72. The third kappa shape index (κ3) is 11.9. The Morgan fingerprint density at radius 1 is 0.700 bits per heavy atom. The number of hydrogen-bond acceptors (Lipinski definition) is 1. The van der Waals surface area contributed by atoms with Crippen LogP contribution in [0.3, 0.4) is 0 Å². The molecule has 0 fully saturated rings. The van der Waals surface area contributed by atoms with Crippen molar-refractivity contribution in [2.75, 3.05) is 6.26 Å². The quantitative estimate of drug-likeness (QED) is 0.254. The third-order valence-electron chi connectivity index (χ3n) is 5.49. The van der Waals surface area contributed by atoms with Gasteiger partial charge in [0, 0.05) is 22.9 Å². The topological polar surface area (TPSA) is 9.23 Å². The van der Waals surface area contributed by atoms with E-state index in [0.29, 0.717) is 5.44 Å². The first kappa shape index (κ1) is 26.9. The molecular weight excluding hydrogens is 408 g/mol. The van der Waals surface area contributed by atoms with E-state index in [1.807, 2.05) is 0 Å². The molecule has 2 aromatic carbocycles. The van der Waals surface area contributed by atoms with Gasteiger partial charge in [0.2, 0.25) is 0 Å². The van der Waals surface area contributed by atoms with Crippen LogP contribution in [0, 0.1) is 0 Å². The smallest absolute Gasteiger partial charge is 0.256 e. The van der Waals surface area contributed by atoms with Crippen LogP contribution in [0.4, 0.5) is 0 Å². The van der Waals surface area contributed by atoms with Crippen LogP contribution in [-0.4, -0.2) is 11.7 Å². The molecule has 2 rings (SSSR count). The number of rotatable bonds is 16. The summed E-state index contributed by atoms with van der Waals surface area (Å²) in [5.41, 5.74) is 1.73. The van der Waals surface area contributed by atoms with Gasteiger partial charge in [-0.1, -0.05) is 113 Å². The second kappa shape index (κ2) is 17.5. The molecule has 0 saturated heterocycles. The fourth-order valence-corrected chi connectivity index (χ4v) is 5.47. The molecule has 0 saturated carbocycles. The van der Waals surface area contributed by atoms with E-state index in [1.54, 1.807) is 0 Å². The van der Waals surface area contributed by atoms with Crippen LogP contribution in [0.15, 0.2) is 60.7 Å². The SMILES string of the molecule is CCCCCCCCCCCCC(Oc1ccccc1)[S+](C)Cc1ccccc1.[Cl-]. The zero-order valence-corrected chi connectivity index (χ0v) is 20.6. The summed E-state index contributed by atoms with van der Waals surface area (Å²) in [4.78, 5) is 0. The van der Waals surface area contributed by atoms with Crippen molar-refractivity contribution in [3.05, 3.63) is 66.2 Å². The van der Waals surface area contributed by atoms with Crippen LogP contribution >= 0.6 is 0 Å². The number of unbranched alkanes of at least 4 members (excludes halogenated alkanes) is 9. The first-order chi connectivity index (χ1) is 14.3. The molecule has 0 amide bonds. The number of hydrogen-bond donors (Lipinski definition) is 0. The minimum atomic E-state index is 0. The summed E-state index contributed by atoms with van der Waals surface area (Å²) in [7, 11) is 0.205. The normalized spacial score (nSPS) is 12.7. The maximum absolute atomic E-state index is 6.44. The lowest BCUT2D eigenvalue weighted by Gasteiger charge is -2.18. The van der Waals surface area contributed by atoms with Crippen molar-refractivity contribution in [1.82, 2.24) is 0 Å². The zero-order chi connectivity index (χ0) is 20.6. The molecule has 1 nitrogen and oxygen atoms in total. The second-order valence-corrected chi connectivity index (χ2v) is 10.3. The Balaban J connectivity index is 0.00000450. The van der Waals surface area contributed by atoms with Crippen LogP contribution in [0.25, 0.3) is 0 Å². The molecule has 0 heterocycles. The van der Waals surface area contributed by atoms with Gasteiger partial charge in [-0.15, -0.1) is 0 Å². The number of para-hydroxylation sites is 1. The van der Waals surface area contributed by atoms with Gasteiger partial charge in [-0.05, 0) is 18.6 Å². The standard InChI is InChI=1S/C27H41OS.ClH/c1-3-4-5-6-7-8-9-10-11-18-23-27(28-26-21-16-13-17-22-26)29(2)24-25-19-14-12-15-20-25;/h12-17,19-22,27H,3-11,18,23-24H2,1-2H3;1H/q+1;/p-1. The zero-order valence-electron chi connectivity index (χ0n) is 19.0. The highest BCUT2D eigenvalue weighted by molar-refractivity contribution is 7.95. The van der Waals surface area contributed by atoms with Crippen LogP contribution in [0.5, 0.6) is 5.75 Å². The van der Waals surface area contributed by atoms with Crippen molar-refractivity contribution in [3.63, 3.8) is 0 Å². The average Bonchev–Trinajstić information content (AvgIpc) is 2.75. The van der Waals surface area contributed by atoms with Crippen molar-refractivity contribution in [1.29, 1.82) is 0 Å². The molecule has 0 aliphatic rings. The van der Waals surface area contributed by atoms with Crippen molar-refractivity contribution in [3.8, 4) is 5.75 Å². The van der Waals surface area contributed by atoms with Gasteiger partial charge < -0.3 is 17.1 Å². The molecule has 0 aliphatic heterocycles. The Morgan fingerprint density at radius 3 is 1.77 bits per heavy atom. The summed E-state index contributed by atoms with van der Waals surface area (Å²) in [6.45, 7) is 2.29. The Labute approximate surface area is 194 Å². The molecule has 2 unspecified atom stereocenters. The maximum Gasteiger partial charge on any atom is 0.256 e. The molecule has 0 aromatic heterocycles. The summed E-state index contributed by atoms with van der Waals surface area (Å²) in [6.07, 6.45) is 17.4. The molecule has 2 atom stereocenters. The van der Waals surface area contributed by atoms with Crippen LogP contribution < -0.4 is 17.1 Å². The highest BCUT2D eigenvalue weighted by atomic mass is 35.5. The van der Waals surface area contributed by atoms with E-state index >= 15 is 0 Å². The molecule has 0 aliphatic carbocycles. The summed E-state index contributed by atoms with van der Waals surface area (Å²) >= 11 is 0. The Bertz CT molecular complexity index is 619. The minimum absolute atomic E-state index is 0. The van der Waals surface area contributed by atoms with E-state index in [0.717, 1.165) is 17.9 Å². The van der Waals surface area contributed by atoms with Crippen molar-refractivity contribution in [2.24, 2.45) is 0 Å². The van der Waals surface area contributed by atoms with Gasteiger partial charge in [0.25, 0.3) is 5.44 Å². The molecule has 3 heteroatoms. The van der Waals surface area contributed by atoms with Crippen LogP contribution in [0.1, 0.15) is 83.1 Å². The summed E-state index contributed by atoms with van der Waals surface area (Å²) in [5.74, 6) is 2.12. The van der Waals surface area contributed by atoms with Crippen LogP contribution in [0.2, 0.25) is 0 Å². The number of benzene rings is 2. The number of halogens is 1. The molecule has 0 N–H and O–H groups in total. The minimum Gasteiger partial charge on any atom is -1.00 e. The number of ether oxygens (including phenoxy) is 1. The van der Waals surface area contributed by atoms with Crippen molar-refractivity contribution in [2.45, 2.75) is 88.7 Å². The lowest BCUT2D eigenvalue weighted by Crippen LogP contribution is -3.00. The largest absolute Gasteiger partial charge is 1.00 e. The van der Waals surface area contributed by atoms with E-state index in [1.165, 1.54) is 69.8 Å². The molecule has 0 spiro atoms. The maximum atomic E-state index is 6.44. The average molecular weight is 449 g/mol. The van der Waals surface area contributed by atoms with E-state index in [4.69, 9.17) is 4.74 Å². The van der Waals surface area contributed by atoms with E-state index < -0.39 is 0 Å². The van der Waals surface area contributed by atoms with Gasteiger partial charge in [0.15, 0.2) is 0 Å². The molecule has 30 heavy (non-hydrogen) atoms.